The molecular formula is C17H23NOS. The molecule has 1 N–H and O–H groups in total. The van der Waals surface area contributed by atoms with E-state index in [0.717, 1.165) is 17.9 Å². The van der Waals surface area contributed by atoms with Crippen molar-refractivity contribution >= 4 is 17.0 Å². The summed E-state index contributed by atoms with van der Waals surface area (Å²) in [5.41, 5.74) is 1.10. The van der Waals surface area contributed by atoms with E-state index in [4.69, 9.17) is 4.74 Å². The van der Waals surface area contributed by atoms with Crippen molar-refractivity contribution in [2.45, 2.75) is 46.3 Å². The largest absolute Gasteiger partial charge is 0.491 e. The van der Waals surface area contributed by atoms with Gasteiger partial charge in [0, 0.05) is 21.5 Å². The molecule has 1 aromatic heterocycles. The number of aryl methyl sites for hydroxylation is 1. The van der Waals surface area contributed by atoms with Gasteiger partial charge in [-0.05, 0) is 51.5 Å². The van der Waals surface area contributed by atoms with Crippen LogP contribution in [0.15, 0.2) is 36.4 Å². The second-order valence-corrected chi connectivity index (χ2v) is 6.50. The molecule has 3 heteroatoms. The molecule has 2 rings (SSSR count). The minimum Gasteiger partial charge on any atom is -0.491 e. The Morgan fingerprint density at radius 3 is 2.65 bits per heavy atom. The van der Waals surface area contributed by atoms with Crippen LogP contribution in [0.3, 0.4) is 0 Å². The number of anilines is 1. The van der Waals surface area contributed by atoms with E-state index < -0.39 is 0 Å². The molecule has 2 unspecified atom stereocenters. The Morgan fingerprint density at radius 2 is 2.00 bits per heavy atom. The molecule has 2 nitrogen and oxygen atoms in total. The van der Waals surface area contributed by atoms with Gasteiger partial charge in [-0.25, -0.2) is 0 Å². The van der Waals surface area contributed by atoms with Crippen molar-refractivity contribution in [1.82, 2.24) is 0 Å². The summed E-state index contributed by atoms with van der Waals surface area (Å²) in [7, 11) is 0. The number of nitrogens with one attached hydrogen (secondary N) is 1. The van der Waals surface area contributed by atoms with Crippen molar-refractivity contribution in [2.24, 2.45) is 0 Å². The maximum Gasteiger partial charge on any atom is 0.121 e. The Bertz CT molecular complexity index is 549. The molecular weight excluding hydrogens is 266 g/mol. The predicted molar refractivity (Wildman–Crippen MR) is 87.9 cm³/mol. The molecule has 0 saturated heterocycles. The van der Waals surface area contributed by atoms with Gasteiger partial charge in [0.15, 0.2) is 0 Å². The minimum atomic E-state index is 0.252. The minimum absolute atomic E-state index is 0.252. The van der Waals surface area contributed by atoms with Crippen LogP contribution in [0.2, 0.25) is 0 Å². The van der Waals surface area contributed by atoms with Crippen molar-refractivity contribution < 1.29 is 4.74 Å². The highest BCUT2D eigenvalue weighted by molar-refractivity contribution is 7.12. The van der Waals surface area contributed by atoms with Crippen LogP contribution in [0.25, 0.3) is 0 Å². The van der Waals surface area contributed by atoms with Crippen molar-refractivity contribution in [3.8, 4) is 5.75 Å². The van der Waals surface area contributed by atoms with E-state index in [0.29, 0.717) is 6.04 Å². The van der Waals surface area contributed by atoms with Crippen LogP contribution >= 0.6 is 11.3 Å². The molecule has 2 atom stereocenters. The molecule has 0 aliphatic heterocycles. The predicted octanol–water partition coefficient (Wildman–Crippen LogP) is 5.41. The molecule has 0 spiro atoms. The maximum absolute atomic E-state index is 5.86. The first-order valence-electron chi connectivity index (χ1n) is 7.18. The Kier molecular flexibility index (Phi) is 5.07. The number of rotatable bonds is 6. The number of thiophene rings is 1. The average Bonchev–Trinajstić information content (AvgIpc) is 2.86. The van der Waals surface area contributed by atoms with Crippen LogP contribution in [-0.2, 0) is 0 Å². The summed E-state index contributed by atoms with van der Waals surface area (Å²) in [6.45, 7) is 8.56. The summed E-state index contributed by atoms with van der Waals surface area (Å²) in [6, 6.07) is 12.9. The zero-order valence-electron chi connectivity index (χ0n) is 12.6. The quantitative estimate of drug-likeness (QED) is 0.768. The van der Waals surface area contributed by atoms with Crippen LogP contribution in [0.1, 0.15) is 43.0 Å². The molecule has 108 valence electrons. The lowest BCUT2D eigenvalue weighted by atomic mass is 10.2. The molecule has 0 aliphatic carbocycles. The lowest BCUT2D eigenvalue weighted by molar-refractivity contribution is 0.217. The van der Waals surface area contributed by atoms with Crippen molar-refractivity contribution in [3.05, 3.63) is 46.2 Å². The van der Waals surface area contributed by atoms with E-state index in [-0.39, 0.29) is 6.10 Å². The summed E-state index contributed by atoms with van der Waals surface area (Å²) in [4.78, 5) is 2.71. The average molecular weight is 289 g/mol. The summed E-state index contributed by atoms with van der Waals surface area (Å²) in [5.74, 6) is 0.930. The normalized spacial score (nSPS) is 13.8. The van der Waals surface area contributed by atoms with E-state index in [9.17, 15) is 0 Å². The Morgan fingerprint density at radius 1 is 1.20 bits per heavy atom. The van der Waals surface area contributed by atoms with Gasteiger partial charge in [0.25, 0.3) is 0 Å². The molecule has 0 aliphatic rings. The number of benzene rings is 1. The van der Waals surface area contributed by atoms with E-state index in [1.165, 1.54) is 9.75 Å². The van der Waals surface area contributed by atoms with Crippen LogP contribution in [0.4, 0.5) is 5.69 Å². The first-order valence-corrected chi connectivity index (χ1v) is 7.99. The van der Waals surface area contributed by atoms with Gasteiger partial charge >= 0.3 is 0 Å². The molecule has 1 heterocycles. The van der Waals surface area contributed by atoms with Crippen LogP contribution < -0.4 is 10.1 Å². The van der Waals surface area contributed by atoms with Gasteiger partial charge in [-0.1, -0.05) is 13.0 Å². The number of hydrogen-bond acceptors (Lipinski definition) is 3. The van der Waals surface area contributed by atoms with Gasteiger partial charge in [0.1, 0.15) is 5.75 Å². The van der Waals surface area contributed by atoms with Gasteiger partial charge in [0.2, 0.25) is 0 Å². The second kappa shape index (κ2) is 6.80. The zero-order valence-corrected chi connectivity index (χ0v) is 13.5. The lowest BCUT2D eigenvalue weighted by Crippen LogP contribution is -2.10. The molecule has 0 fully saturated rings. The topological polar surface area (TPSA) is 21.3 Å². The van der Waals surface area contributed by atoms with Crippen LogP contribution in [-0.4, -0.2) is 6.10 Å². The van der Waals surface area contributed by atoms with Crippen molar-refractivity contribution in [3.63, 3.8) is 0 Å². The smallest absolute Gasteiger partial charge is 0.121 e. The Balaban J connectivity index is 2.04. The molecule has 2 aromatic rings. The third-order valence-electron chi connectivity index (χ3n) is 3.32. The highest BCUT2D eigenvalue weighted by atomic mass is 32.1. The third-order valence-corrected chi connectivity index (χ3v) is 4.50. The van der Waals surface area contributed by atoms with Gasteiger partial charge in [0.05, 0.1) is 12.1 Å². The number of ether oxygens (including phenoxy) is 1. The van der Waals surface area contributed by atoms with E-state index >= 15 is 0 Å². The maximum atomic E-state index is 5.86. The fourth-order valence-corrected chi connectivity index (χ4v) is 2.86. The summed E-state index contributed by atoms with van der Waals surface area (Å²) in [5, 5.41) is 3.53. The molecule has 0 amide bonds. The fraction of sp³-hybridized carbons (Fsp3) is 0.412. The monoisotopic (exact) mass is 289 g/mol. The standard InChI is InChI=1S/C17H23NOS/c1-5-12(2)19-16-8-6-7-15(11-16)18-14(4)17-10-9-13(3)20-17/h6-12,14,18H,5H2,1-4H3. The summed E-state index contributed by atoms with van der Waals surface area (Å²) in [6.07, 6.45) is 1.27. The van der Waals surface area contributed by atoms with Crippen molar-refractivity contribution in [2.75, 3.05) is 5.32 Å². The Labute approximate surface area is 125 Å². The molecule has 20 heavy (non-hydrogen) atoms. The van der Waals surface area contributed by atoms with Crippen LogP contribution in [0, 0.1) is 6.92 Å². The van der Waals surface area contributed by atoms with Gasteiger partial charge in [-0.2, -0.15) is 0 Å². The van der Waals surface area contributed by atoms with Gasteiger partial charge < -0.3 is 10.1 Å². The summed E-state index contributed by atoms with van der Waals surface area (Å²) >= 11 is 1.84. The fourth-order valence-electron chi connectivity index (χ4n) is 1.98. The Hall–Kier alpha value is -1.48. The van der Waals surface area contributed by atoms with Crippen molar-refractivity contribution in [1.29, 1.82) is 0 Å². The molecule has 0 radical (unpaired) electrons. The van der Waals surface area contributed by atoms with E-state index in [1.807, 2.05) is 23.5 Å². The zero-order chi connectivity index (χ0) is 14.5. The molecule has 0 saturated carbocycles. The highest BCUT2D eigenvalue weighted by Crippen LogP contribution is 2.27. The second-order valence-electron chi connectivity index (χ2n) is 5.18. The first-order chi connectivity index (χ1) is 9.58. The van der Waals surface area contributed by atoms with E-state index in [1.54, 1.807) is 0 Å². The van der Waals surface area contributed by atoms with Gasteiger partial charge in [-0.15, -0.1) is 11.3 Å². The SMILES string of the molecule is CCC(C)Oc1cccc(NC(C)c2ccc(C)s2)c1. The summed E-state index contributed by atoms with van der Waals surface area (Å²) < 4.78 is 5.86. The molecule has 1 aromatic carbocycles. The third kappa shape index (κ3) is 4.01. The van der Waals surface area contributed by atoms with Crippen LogP contribution in [0.5, 0.6) is 5.75 Å². The number of hydrogen-bond donors (Lipinski definition) is 1. The van der Waals surface area contributed by atoms with E-state index in [2.05, 4.69) is 57.3 Å². The molecule has 0 bridgehead atoms. The lowest BCUT2D eigenvalue weighted by Gasteiger charge is -2.16. The first kappa shape index (κ1) is 14.9. The van der Waals surface area contributed by atoms with Gasteiger partial charge in [-0.3, -0.25) is 0 Å². The highest BCUT2D eigenvalue weighted by Gasteiger charge is 2.08.